The van der Waals surface area contributed by atoms with Crippen molar-refractivity contribution in [1.82, 2.24) is 14.7 Å². The van der Waals surface area contributed by atoms with E-state index in [0.717, 1.165) is 13.1 Å². The molecule has 2 fully saturated rings. The van der Waals surface area contributed by atoms with Crippen LogP contribution in [0.25, 0.3) is 0 Å². The molecule has 4 heteroatoms. The highest BCUT2D eigenvalue weighted by Gasteiger charge is 2.49. The van der Waals surface area contributed by atoms with E-state index in [-0.39, 0.29) is 0 Å². The van der Waals surface area contributed by atoms with E-state index < -0.39 is 0 Å². The van der Waals surface area contributed by atoms with Gasteiger partial charge in [0.15, 0.2) is 0 Å². The van der Waals surface area contributed by atoms with Crippen LogP contribution in [0, 0.1) is 5.41 Å². The molecular formula is C15H29N3O. The molecule has 2 saturated heterocycles. The molecule has 2 heterocycles. The molecule has 2 aliphatic rings. The van der Waals surface area contributed by atoms with Crippen LogP contribution >= 0.6 is 0 Å². The Morgan fingerprint density at radius 1 is 1.21 bits per heavy atom. The maximum Gasteiger partial charge on any atom is 0.236 e. The summed E-state index contributed by atoms with van der Waals surface area (Å²) in [5.41, 5.74) is 0.413. The summed E-state index contributed by atoms with van der Waals surface area (Å²) in [6.07, 6.45) is 1.26. The van der Waals surface area contributed by atoms with Gasteiger partial charge in [-0.05, 0) is 47.7 Å². The topological polar surface area (TPSA) is 26.8 Å². The lowest BCUT2D eigenvalue weighted by atomic mass is 9.79. The first-order chi connectivity index (χ1) is 8.83. The van der Waals surface area contributed by atoms with Gasteiger partial charge in [0.1, 0.15) is 0 Å². The van der Waals surface area contributed by atoms with Gasteiger partial charge in [0.25, 0.3) is 0 Å². The second kappa shape index (κ2) is 5.41. The summed E-state index contributed by atoms with van der Waals surface area (Å²) >= 11 is 0. The van der Waals surface area contributed by atoms with Gasteiger partial charge in [0.2, 0.25) is 5.91 Å². The quantitative estimate of drug-likeness (QED) is 0.767. The van der Waals surface area contributed by atoms with Crippen LogP contribution in [0.4, 0.5) is 0 Å². The average molecular weight is 267 g/mol. The number of carbonyl (C=O) groups excluding carboxylic acids is 1. The van der Waals surface area contributed by atoms with Crippen molar-refractivity contribution >= 4 is 5.91 Å². The monoisotopic (exact) mass is 267 g/mol. The van der Waals surface area contributed by atoms with E-state index in [0.29, 0.717) is 30.0 Å². The van der Waals surface area contributed by atoms with Gasteiger partial charge in [0.05, 0.1) is 6.54 Å². The molecule has 4 nitrogen and oxygen atoms in total. The standard InChI is InChI=1S/C15H29N3O/c1-12(2)16(5)8-14(19)18-10-15(11-18)6-7-17(9-15)13(3)4/h12-13H,6-11H2,1-5H3. The lowest BCUT2D eigenvalue weighted by Crippen LogP contribution is -2.61. The Hall–Kier alpha value is -0.610. The summed E-state index contributed by atoms with van der Waals surface area (Å²) in [7, 11) is 2.02. The highest BCUT2D eigenvalue weighted by atomic mass is 16.2. The van der Waals surface area contributed by atoms with Gasteiger partial charge in [0, 0.05) is 37.1 Å². The molecule has 110 valence electrons. The predicted molar refractivity (Wildman–Crippen MR) is 78.1 cm³/mol. The maximum absolute atomic E-state index is 12.2. The molecule has 0 aromatic carbocycles. The van der Waals surface area contributed by atoms with Crippen molar-refractivity contribution in [2.24, 2.45) is 5.41 Å². The van der Waals surface area contributed by atoms with Crippen LogP contribution in [-0.2, 0) is 4.79 Å². The molecule has 2 rings (SSSR count). The van der Waals surface area contributed by atoms with Crippen LogP contribution in [0.1, 0.15) is 34.1 Å². The highest BCUT2D eigenvalue weighted by Crippen LogP contribution is 2.40. The highest BCUT2D eigenvalue weighted by molar-refractivity contribution is 5.79. The SMILES string of the molecule is CC(C)N(C)CC(=O)N1CC2(CCN(C(C)C)C2)C1. The van der Waals surface area contributed by atoms with E-state index in [1.54, 1.807) is 0 Å². The zero-order chi connectivity index (χ0) is 14.2. The van der Waals surface area contributed by atoms with Crippen molar-refractivity contribution < 1.29 is 4.79 Å². The lowest BCUT2D eigenvalue weighted by molar-refractivity contribution is -0.144. The molecule has 0 atom stereocenters. The summed E-state index contributed by atoms with van der Waals surface area (Å²) < 4.78 is 0. The molecule has 0 radical (unpaired) electrons. The first-order valence-corrected chi connectivity index (χ1v) is 7.55. The number of nitrogens with zero attached hydrogens (tertiary/aromatic N) is 3. The molecule has 0 aliphatic carbocycles. The fourth-order valence-electron chi connectivity index (χ4n) is 3.10. The maximum atomic E-state index is 12.2. The summed E-state index contributed by atoms with van der Waals surface area (Å²) in [6.45, 7) is 13.7. The third kappa shape index (κ3) is 3.11. The van der Waals surface area contributed by atoms with Crippen molar-refractivity contribution in [3.63, 3.8) is 0 Å². The molecule has 0 bridgehead atoms. The minimum absolute atomic E-state index is 0.296. The Labute approximate surface area is 117 Å². The Balaban J connectivity index is 1.79. The summed E-state index contributed by atoms with van der Waals surface area (Å²) in [6, 6.07) is 1.07. The van der Waals surface area contributed by atoms with Gasteiger partial charge >= 0.3 is 0 Å². The number of amides is 1. The molecule has 0 aromatic rings. The molecule has 1 amide bonds. The van der Waals surface area contributed by atoms with Gasteiger partial charge in [-0.3, -0.25) is 9.69 Å². The second-order valence-corrected chi connectivity index (χ2v) is 7.07. The third-order valence-corrected chi connectivity index (χ3v) is 4.87. The van der Waals surface area contributed by atoms with Gasteiger partial charge in [-0.25, -0.2) is 0 Å². The van der Waals surface area contributed by atoms with Crippen molar-refractivity contribution in [3.8, 4) is 0 Å². The molecule has 19 heavy (non-hydrogen) atoms. The molecule has 1 spiro atoms. The third-order valence-electron chi connectivity index (χ3n) is 4.87. The molecule has 0 N–H and O–H groups in total. The van der Waals surface area contributed by atoms with Crippen LogP contribution in [0.5, 0.6) is 0 Å². The number of carbonyl (C=O) groups is 1. The van der Waals surface area contributed by atoms with Gasteiger partial charge in [-0.1, -0.05) is 0 Å². The van der Waals surface area contributed by atoms with E-state index in [1.807, 2.05) is 11.9 Å². The number of hydrogen-bond donors (Lipinski definition) is 0. The first kappa shape index (κ1) is 14.8. The van der Waals surface area contributed by atoms with Gasteiger partial charge in [-0.15, -0.1) is 0 Å². The van der Waals surface area contributed by atoms with Crippen molar-refractivity contribution in [2.45, 2.75) is 46.2 Å². The second-order valence-electron chi connectivity index (χ2n) is 7.07. The number of likely N-dealkylation sites (tertiary alicyclic amines) is 2. The van der Waals surface area contributed by atoms with E-state index in [4.69, 9.17) is 0 Å². The Kier molecular flexibility index (Phi) is 4.21. The van der Waals surface area contributed by atoms with Crippen LogP contribution in [0.15, 0.2) is 0 Å². The van der Waals surface area contributed by atoms with Crippen molar-refractivity contribution in [1.29, 1.82) is 0 Å². The van der Waals surface area contributed by atoms with E-state index >= 15 is 0 Å². The summed E-state index contributed by atoms with van der Waals surface area (Å²) in [4.78, 5) is 18.9. The normalized spacial score (nSPS) is 22.8. The van der Waals surface area contributed by atoms with Gasteiger partial charge in [-0.2, -0.15) is 0 Å². The molecule has 0 saturated carbocycles. The van der Waals surface area contributed by atoms with Crippen molar-refractivity contribution in [2.75, 3.05) is 39.8 Å². The van der Waals surface area contributed by atoms with E-state index in [2.05, 4.69) is 37.5 Å². The average Bonchev–Trinajstić information content (AvgIpc) is 2.71. The molecule has 2 aliphatic heterocycles. The van der Waals surface area contributed by atoms with Crippen molar-refractivity contribution in [3.05, 3.63) is 0 Å². The lowest BCUT2D eigenvalue weighted by Gasteiger charge is -2.48. The predicted octanol–water partition coefficient (Wildman–Crippen LogP) is 1.27. The number of hydrogen-bond acceptors (Lipinski definition) is 3. The summed E-state index contributed by atoms with van der Waals surface area (Å²) in [5, 5.41) is 0. The Morgan fingerprint density at radius 2 is 1.84 bits per heavy atom. The molecular weight excluding hydrogens is 238 g/mol. The van der Waals surface area contributed by atoms with Crippen LogP contribution in [0.2, 0.25) is 0 Å². The Morgan fingerprint density at radius 3 is 2.32 bits per heavy atom. The molecule has 0 aromatic heterocycles. The van der Waals surface area contributed by atoms with Crippen LogP contribution in [0.3, 0.4) is 0 Å². The van der Waals surface area contributed by atoms with Crippen LogP contribution in [-0.4, -0.2) is 72.5 Å². The fraction of sp³-hybridized carbons (Fsp3) is 0.933. The smallest absolute Gasteiger partial charge is 0.236 e. The zero-order valence-electron chi connectivity index (χ0n) is 13.1. The zero-order valence-corrected chi connectivity index (χ0v) is 13.1. The van der Waals surface area contributed by atoms with Crippen LogP contribution < -0.4 is 0 Å². The number of rotatable bonds is 4. The number of likely N-dealkylation sites (N-methyl/N-ethyl adjacent to an activating group) is 1. The van der Waals surface area contributed by atoms with Gasteiger partial charge < -0.3 is 9.80 Å². The van der Waals surface area contributed by atoms with E-state index in [9.17, 15) is 4.79 Å². The minimum atomic E-state index is 0.296. The fourth-order valence-corrected chi connectivity index (χ4v) is 3.10. The Bertz CT molecular complexity index is 334. The first-order valence-electron chi connectivity index (χ1n) is 7.55. The van der Waals surface area contributed by atoms with E-state index in [1.165, 1.54) is 19.5 Å². The minimum Gasteiger partial charge on any atom is -0.340 e. The summed E-state index contributed by atoms with van der Waals surface area (Å²) in [5.74, 6) is 0.296. The largest absolute Gasteiger partial charge is 0.340 e. The molecule has 0 unspecified atom stereocenters.